The van der Waals surface area contributed by atoms with Gasteiger partial charge >= 0.3 is 0 Å². The third-order valence-electron chi connectivity index (χ3n) is 6.01. The van der Waals surface area contributed by atoms with Crippen molar-refractivity contribution >= 4 is 5.96 Å². The third-order valence-corrected chi connectivity index (χ3v) is 6.01. The summed E-state index contributed by atoms with van der Waals surface area (Å²) >= 11 is 0. The summed E-state index contributed by atoms with van der Waals surface area (Å²) in [6.07, 6.45) is 5.00. The van der Waals surface area contributed by atoms with E-state index >= 15 is 0 Å². The molecule has 1 saturated heterocycles. The van der Waals surface area contributed by atoms with Crippen LogP contribution < -0.4 is 10.1 Å². The lowest BCUT2D eigenvalue weighted by Crippen LogP contribution is -2.39. The highest BCUT2D eigenvalue weighted by molar-refractivity contribution is 5.80. The molecule has 31 heavy (non-hydrogen) atoms. The summed E-state index contributed by atoms with van der Waals surface area (Å²) in [6, 6.07) is 17.1. The average molecular weight is 418 g/mol. The minimum atomic E-state index is 0.520. The highest BCUT2D eigenvalue weighted by atomic mass is 16.5. The number of nitrogens with one attached hydrogen (secondary N) is 1. The normalized spacial score (nSPS) is 16.5. The first-order valence-electron chi connectivity index (χ1n) is 10.8. The number of nitrogens with zero attached hydrogens (tertiary/aromatic N) is 4. The summed E-state index contributed by atoms with van der Waals surface area (Å²) in [5.74, 6) is 3.42. The number of aryl methyl sites for hydroxylation is 1. The molecule has 0 amide bonds. The number of guanidine groups is 1. The highest BCUT2D eigenvalue weighted by Crippen LogP contribution is 2.28. The van der Waals surface area contributed by atoms with Crippen molar-refractivity contribution in [2.75, 3.05) is 27.2 Å². The zero-order chi connectivity index (χ0) is 21.6. The maximum absolute atomic E-state index is 5.28. The van der Waals surface area contributed by atoms with Gasteiger partial charge in [-0.1, -0.05) is 36.4 Å². The van der Waals surface area contributed by atoms with Crippen LogP contribution in [0.2, 0.25) is 0 Å². The molecule has 4 rings (SSSR count). The van der Waals surface area contributed by atoms with Crippen LogP contribution in [-0.4, -0.2) is 47.7 Å². The van der Waals surface area contributed by atoms with Gasteiger partial charge in [-0.3, -0.25) is 4.99 Å². The third kappa shape index (κ3) is 5.08. The number of likely N-dealkylation sites (tertiary alicyclic amines) is 1. The van der Waals surface area contributed by atoms with Gasteiger partial charge in [0.05, 0.1) is 7.11 Å². The number of aliphatic imine (C=N–C) groups is 1. The van der Waals surface area contributed by atoms with Crippen molar-refractivity contribution in [3.05, 3.63) is 83.4 Å². The number of methoxy groups -OCH3 is 1. The van der Waals surface area contributed by atoms with Gasteiger partial charge in [0.2, 0.25) is 0 Å². The van der Waals surface area contributed by atoms with Gasteiger partial charge in [-0.2, -0.15) is 0 Å². The van der Waals surface area contributed by atoms with Gasteiger partial charge in [-0.15, -0.1) is 0 Å². The zero-order valence-corrected chi connectivity index (χ0v) is 18.6. The molecular weight excluding hydrogens is 386 g/mol. The molecule has 1 aromatic heterocycles. The number of benzene rings is 2. The lowest BCUT2D eigenvalue weighted by atomic mass is 9.98. The molecule has 1 atom stereocenters. The van der Waals surface area contributed by atoms with E-state index in [1.165, 1.54) is 16.7 Å². The Bertz CT molecular complexity index is 1020. The van der Waals surface area contributed by atoms with E-state index < -0.39 is 0 Å². The van der Waals surface area contributed by atoms with Crippen LogP contribution in [0.15, 0.2) is 65.9 Å². The van der Waals surface area contributed by atoms with E-state index in [1.807, 2.05) is 38.5 Å². The Labute approximate surface area is 184 Å². The molecule has 0 bridgehead atoms. The molecule has 0 spiro atoms. The molecule has 1 fully saturated rings. The summed E-state index contributed by atoms with van der Waals surface area (Å²) in [6.45, 7) is 5.62. The molecule has 2 heterocycles. The largest absolute Gasteiger partial charge is 0.497 e. The number of rotatable bonds is 6. The van der Waals surface area contributed by atoms with Crippen molar-refractivity contribution in [3.63, 3.8) is 0 Å². The molecule has 0 saturated carbocycles. The number of ether oxygens (including phenoxy) is 1. The lowest BCUT2D eigenvalue weighted by Gasteiger charge is -2.22. The monoisotopic (exact) mass is 417 g/mol. The Kier molecular flexibility index (Phi) is 6.55. The lowest BCUT2D eigenvalue weighted by molar-refractivity contribution is 0.414. The number of hydrogen-bond donors (Lipinski definition) is 1. The molecule has 162 valence electrons. The first-order valence-corrected chi connectivity index (χ1v) is 10.8. The molecule has 2 aromatic carbocycles. The van der Waals surface area contributed by atoms with Crippen LogP contribution in [0.3, 0.4) is 0 Å². The zero-order valence-electron chi connectivity index (χ0n) is 18.6. The van der Waals surface area contributed by atoms with Crippen LogP contribution in [0.25, 0.3) is 0 Å². The molecule has 0 radical (unpaired) electrons. The smallest absolute Gasteiger partial charge is 0.193 e. The van der Waals surface area contributed by atoms with E-state index in [-0.39, 0.29) is 0 Å². The predicted octanol–water partition coefficient (Wildman–Crippen LogP) is 3.81. The molecule has 1 aliphatic rings. The SMILES string of the molecule is CN=C(NCc1cccc(Cn2ccnc2C)c1)N1CCC(c2ccc(OC)cc2)C1. The van der Waals surface area contributed by atoms with Crippen molar-refractivity contribution in [3.8, 4) is 5.75 Å². The van der Waals surface area contributed by atoms with Gasteiger partial charge in [0.1, 0.15) is 11.6 Å². The topological polar surface area (TPSA) is 54.7 Å². The Morgan fingerprint density at radius 3 is 2.71 bits per heavy atom. The molecule has 6 nitrogen and oxygen atoms in total. The quantitative estimate of drug-likeness (QED) is 0.489. The van der Waals surface area contributed by atoms with E-state index in [2.05, 4.69) is 61.2 Å². The first-order chi connectivity index (χ1) is 15.2. The van der Waals surface area contributed by atoms with Crippen molar-refractivity contribution in [2.24, 2.45) is 4.99 Å². The van der Waals surface area contributed by atoms with Crippen LogP contribution in [0.5, 0.6) is 5.75 Å². The Morgan fingerprint density at radius 1 is 1.19 bits per heavy atom. The predicted molar refractivity (Wildman–Crippen MR) is 125 cm³/mol. The molecule has 3 aromatic rings. The van der Waals surface area contributed by atoms with Crippen LogP contribution in [-0.2, 0) is 13.1 Å². The van der Waals surface area contributed by atoms with E-state index in [1.54, 1.807) is 7.11 Å². The van der Waals surface area contributed by atoms with Crippen LogP contribution >= 0.6 is 0 Å². The number of imidazole rings is 1. The minimum Gasteiger partial charge on any atom is -0.497 e. The van der Waals surface area contributed by atoms with Gasteiger partial charge in [0.15, 0.2) is 5.96 Å². The maximum atomic E-state index is 5.28. The van der Waals surface area contributed by atoms with Crippen molar-refractivity contribution in [1.82, 2.24) is 19.8 Å². The van der Waals surface area contributed by atoms with Gasteiger partial charge in [0, 0.05) is 51.5 Å². The molecule has 6 heteroatoms. The summed E-state index contributed by atoms with van der Waals surface area (Å²) in [5.41, 5.74) is 3.89. The highest BCUT2D eigenvalue weighted by Gasteiger charge is 2.26. The second-order valence-corrected chi connectivity index (χ2v) is 8.03. The van der Waals surface area contributed by atoms with Gasteiger partial charge in [0.25, 0.3) is 0 Å². The number of aromatic nitrogens is 2. The van der Waals surface area contributed by atoms with E-state index in [0.29, 0.717) is 5.92 Å². The Morgan fingerprint density at radius 2 is 2.00 bits per heavy atom. The fourth-order valence-electron chi connectivity index (χ4n) is 4.22. The summed E-state index contributed by atoms with van der Waals surface area (Å²) < 4.78 is 7.44. The molecule has 0 aliphatic carbocycles. The maximum Gasteiger partial charge on any atom is 0.193 e. The van der Waals surface area contributed by atoms with Crippen molar-refractivity contribution in [1.29, 1.82) is 0 Å². The fourth-order valence-corrected chi connectivity index (χ4v) is 4.22. The fraction of sp³-hybridized carbons (Fsp3) is 0.360. The molecular formula is C25H31N5O. The first kappa shape index (κ1) is 21.0. The number of hydrogen-bond acceptors (Lipinski definition) is 3. The standard InChI is InChI=1S/C25H31N5O/c1-19-27-12-14-29(19)17-21-6-4-5-20(15-21)16-28-25(26-2)30-13-11-23(18-30)22-7-9-24(31-3)10-8-22/h4-10,12,14-15,23H,11,13,16-18H2,1-3H3,(H,26,28). The second kappa shape index (κ2) is 9.69. The van der Waals surface area contributed by atoms with Crippen LogP contribution in [0, 0.1) is 6.92 Å². The van der Waals surface area contributed by atoms with Gasteiger partial charge in [-0.25, -0.2) is 4.98 Å². The van der Waals surface area contributed by atoms with Crippen LogP contribution in [0.4, 0.5) is 0 Å². The van der Waals surface area contributed by atoms with Gasteiger partial charge < -0.3 is 19.5 Å². The van der Waals surface area contributed by atoms with Crippen molar-refractivity contribution in [2.45, 2.75) is 32.4 Å². The molecule has 1 N–H and O–H groups in total. The van der Waals surface area contributed by atoms with Gasteiger partial charge in [-0.05, 0) is 42.2 Å². The molecule has 1 aliphatic heterocycles. The summed E-state index contributed by atoms with van der Waals surface area (Å²) in [5, 5.41) is 3.55. The summed E-state index contributed by atoms with van der Waals surface area (Å²) in [7, 11) is 3.57. The van der Waals surface area contributed by atoms with E-state index in [9.17, 15) is 0 Å². The average Bonchev–Trinajstić information content (AvgIpc) is 3.44. The van der Waals surface area contributed by atoms with E-state index in [4.69, 9.17) is 4.74 Å². The van der Waals surface area contributed by atoms with Crippen LogP contribution in [0.1, 0.15) is 34.9 Å². The summed E-state index contributed by atoms with van der Waals surface area (Å²) in [4.78, 5) is 11.2. The Balaban J connectivity index is 1.34. The Hall–Kier alpha value is -3.28. The molecule has 1 unspecified atom stereocenters. The van der Waals surface area contributed by atoms with E-state index in [0.717, 1.165) is 50.1 Å². The second-order valence-electron chi connectivity index (χ2n) is 8.03. The van der Waals surface area contributed by atoms with Crippen molar-refractivity contribution < 1.29 is 4.74 Å². The minimum absolute atomic E-state index is 0.520.